The Labute approximate surface area is 85.9 Å². The van der Waals surface area contributed by atoms with Crippen molar-refractivity contribution in [2.24, 2.45) is 11.5 Å². The minimum atomic E-state index is -0.192. The highest BCUT2D eigenvalue weighted by Crippen LogP contribution is 2.27. The van der Waals surface area contributed by atoms with E-state index in [4.69, 9.17) is 11.5 Å². The molecule has 13 heavy (non-hydrogen) atoms. The quantitative estimate of drug-likeness (QED) is 0.755. The van der Waals surface area contributed by atoms with Gasteiger partial charge in [0.05, 0.1) is 0 Å². The van der Waals surface area contributed by atoms with Crippen molar-refractivity contribution in [2.75, 3.05) is 6.54 Å². The van der Waals surface area contributed by atoms with E-state index in [1.807, 2.05) is 6.07 Å². The molecule has 0 aliphatic heterocycles. The fourth-order valence-corrected chi connectivity index (χ4v) is 1.54. The first-order valence-corrected chi connectivity index (χ1v) is 4.88. The van der Waals surface area contributed by atoms with E-state index in [0.717, 1.165) is 10.0 Å². The van der Waals surface area contributed by atoms with Crippen LogP contribution in [0.5, 0.6) is 5.75 Å². The van der Waals surface area contributed by atoms with Crippen molar-refractivity contribution in [3.05, 3.63) is 28.2 Å². The molecule has 0 saturated carbocycles. The molecule has 0 aromatic heterocycles. The lowest BCUT2D eigenvalue weighted by molar-refractivity contribution is 0.459. The van der Waals surface area contributed by atoms with Crippen LogP contribution in [0.15, 0.2) is 22.7 Å². The predicted molar refractivity (Wildman–Crippen MR) is 56.4 cm³/mol. The van der Waals surface area contributed by atoms with Gasteiger partial charge in [0, 0.05) is 16.1 Å². The number of phenols is 1. The normalized spacial score (nSPS) is 12.8. The Morgan fingerprint density at radius 2 is 2.15 bits per heavy atom. The molecule has 0 aliphatic carbocycles. The van der Waals surface area contributed by atoms with Gasteiger partial charge in [-0.2, -0.15) is 0 Å². The Balaban J connectivity index is 2.91. The van der Waals surface area contributed by atoms with Crippen LogP contribution in [0.25, 0.3) is 0 Å². The summed E-state index contributed by atoms with van der Waals surface area (Å²) in [7, 11) is 0. The molecular weight excluding hydrogens is 232 g/mol. The van der Waals surface area contributed by atoms with Crippen LogP contribution in [-0.2, 0) is 0 Å². The van der Waals surface area contributed by atoms with Gasteiger partial charge in [-0.15, -0.1) is 0 Å². The van der Waals surface area contributed by atoms with Crippen molar-refractivity contribution in [1.29, 1.82) is 0 Å². The van der Waals surface area contributed by atoms with Gasteiger partial charge >= 0.3 is 0 Å². The van der Waals surface area contributed by atoms with E-state index in [-0.39, 0.29) is 11.8 Å². The molecule has 1 aromatic carbocycles. The molecule has 0 fully saturated rings. The number of benzene rings is 1. The zero-order chi connectivity index (χ0) is 9.84. The van der Waals surface area contributed by atoms with Crippen LogP contribution in [0.1, 0.15) is 18.0 Å². The summed E-state index contributed by atoms with van der Waals surface area (Å²) in [6.07, 6.45) is 0.671. The van der Waals surface area contributed by atoms with Crippen LogP contribution in [0, 0.1) is 0 Å². The second-order valence-electron chi connectivity index (χ2n) is 2.89. The molecule has 0 unspecified atom stereocenters. The zero-order valence-electron chi connectivity index (χ0n) is 7.20. The number of hydrogen-bond acceptors (Lipinski definition) is 3. The molecule has 3 nitrogen and oxygen atoms in total. The minimum absolute atomic E-state index is 0.192. The van der Waals surface area contributed by atoms with Crippen LogP contribution in [0.3, 0.4) is 0 Å². The summed E-state index contributed by atoms with van der Waals surface area (Å²) < 4.78 is 0.910. The summed E-state index contributed by atoms with van der Waals surface area (Å²) in [6.45, 7) is 0.521. The third-order valence-corrected chi connectivity index (χ3v) is 2.36. The van der Waals surface area contributed by atoms with E-state index in [9.17, 15) is 5.11 Å². The zero-order valence-corrected chi connectivity index (χ0v) is 8.79. The molecule has 0 saturated heterocycles. The Bertz CT molecular complexity index is 291. The predicted octanol–water partition coefficient (Wildman–Crippen LogP) is 1.50. The van der Waals surface area contributed by atoms with Gasteiger partial charge in [-0.1, -0.05) is 15.9 Å². The molecule has 72 valence electrons. The average molecular weight is 245 g/mol. The molecule has 0 spiro atoms. The van der Waals surface area contributed by atoms with Crippen molar-refractivity contribution in [1.82, 2.24) is 0 Å². The lowest BCUT2D eigenvalue weighted by atomic mass is 10.0. The first-order chi connectivity index (χ1) is 6.15. The molecule has 0 amide bonds. The van der Waals surface area contributed by atoms with E-state index in [1.165, 1.54) is 0 Å². The van der Waals surface area contributed by atoms with E-state index < -0.39 is 0 Å². The van der Waals surface area contributed by atoms with E-state index in [1.54, 1.807) is 12.1 Å². The van der Waals surface area contributed by atoms with E-state index >= 15 is 0 Å². The maximum atomic E-state index is 9.49. The van der Waals surface area contributed by atoms with Crippen molar-refractivity contribution < 1.29 is 5.11 Å². The third kappa shape index (κ3) is 2.69. The van der Waals surface area contributed by atoms with Crippen LogP contribution in [0.4, 0.5) is 0 Å². The van der Waals surface area contributed by atoms with Gasteiger partial charge in [-0.25, -0.2) is 0 Å². The fraction of sp³-hybridized carbons (Fsp3) is 0.333. The molecule has 1 atom stereocenters. The van der Waals surface area contributed by atoms with Crippen LogP contribution in [0.2, 0.25) is 0 Å². The summed E-state index contributed by atoms with van der Waals surface area (Å²) in [5.41, 5.74) is 11.9. The van der Waals surface area contributed by atoms with Crippen molar-refractivity contribution in [3.63, 3.8) is 0 Å². The number of nitrogens with two attached hydrogens (primary N) is 2. The number of hydrogen-bond donors (Lipinski definition) is 3. The first kappa shape index (κ1) is 10.5. The van der Waals surface area contributed by atoms with Crippen LogP contribution < -0.4 is 11.5 Å². The van der Waals surface area contributed by atoms with Gasteiger partial charge in [0.2, 0.25) is 0 Å². The maximum Gasteiger partial charge on any atom is 0.120 e. The molecule has 1 aromatic rings. The molecule has 0 radical (unpaired) electrons. The van der Waals surface area contributed by atoms with Crippen molar-refractivity contribution in [3.8, 4) is 5.75 Å². The summed E-state index contributed by atoms with van der Waals surface area (Å²) in [6, 6.07) is 5.02. The number of aromatic hydroxyl groups is 1. The van der Waals surface area contributed by atoms with Crippen LogP contribution >= 0.6 is 15.9 Å². The second kappa shape index (κ2) is 4.60. The van der Waals surface area contributed by atoms with Gasteiger partial charge in [0.1, 0.15) is 5.75 Å². The molecule has 0 heterocycles. The van der Waals surface area contributed by atoms with Gasteiger partial charge in [0.25, 0.3) is 0 Å². The fourth-order valence-electron chi connectivity index (χ4n) is 1.16. The molecular formula is C9H13BrN2O. The maximum absolute atomic E-state index is 9.49. The largest absolute Gasteiger partial charge is 0.508 e. The molecule has 1 rings (SSSR count). The SMILES string of the molecule is NCC[C@H](N)c1cc(Br)ccc1O. The first-order valence-electron chi connectivity index (χ1n) is 4.09. The molecule has 0 bridgehead atoms. The van der Waals surface area contributed by atoms with E-state index in [0.29, 0.717) is 13.0 Å². The van der Waals surface area contributed by atoms with Gasteiger partial charge in [-0.05, 0) is 31.2 Å². The topological polar surface area (TPSA) is 72.3 Å². The summed E-state index contributed by atoms with van der Waals surface area (Å²) in [5.74, 6) is 0.226. The lowest BCUT2D eigenvalue weighted by Gasteiger charge is -2.12. The monoisotopic (exact) mass is 244 g/mol. The highest BCUT2D eigenvalue weighted by molar-refractivity contribution is 9.10. The summed E-state index contributed by atoms with van der Waals surface area (Å²) in [5, 5.41) is 9.49. The second-order valence-corrected chi connectivity index (χ2v) is 3.80. The number of rotatable bonds is 3. The standard InChI is InChI=1S/C9H13BrN2O/c10-6-1-2-9(13)7(5-6)8(12)3-4-11/h1-2,5,8,13H,3-4,11-12H2/t8-/m0/s1. The van der Waals surface area contributed by atoms with Crippen LogP contribution in [-0.4, -0.2) is 11.7 Å². The summed E-state index contributed by atoms with van der Waals surface area (Å²) in [4.78, 5) is 0. The molecule has 4 heteroatoms. The molecule has 5 N–H and O–H groups in total. The van der Waals surface area contributed by atoms with Gasteiger partial charge < -0.3 is 16.6 Å². The Morgan fingerprint density at radius 3 is 2.77 bits per heavy atom. The Kier molecular flexibility index (Phi) is 3.71. The van der Waals surface area contributed by atoms with Gasteiger partial charge in [-0.3, -0.25) is 0 Å². The van der Waals surface area contributed by atoms with E-state index in [2.05, 4.69) is 15.9 Å². The number of halogens is 1. The van der Waals surface area contributed by atoms with Crippen molar-refractivity contribution in [2.45, 2.75) is 12.5 Å². The van der Waals surface area contributed by atoms with Gasteiger partial charge in [0.15, 0.2) is 0 Å². The van der Waals surface area contributed by atoms with Crippen molar-refractivity contribution >= 4 is 15.9 Å². The third-order valence-electron chi connectivity index (χ3n) is 1.87. The molecule has 0 aliphatic rings. The minimum Gasteiger partial charge on any atom is -0.508 e. The lowest BCUT2D eigenvalue weighted by Crippen LogP contribution is -2.15. The number of phenolic OH excluding ortho intramolecular Hbond substituents is 1. The Hall–Kier alpha value is -0.580. The Morgan fingerprint density at radius 1 is 1.46 bits per heavy atom. The highest BCUT2D eigenvalue weighted by atomic mass is 79.9. The smallest absolute Gasteiger partial charge is 0.120 e. The highest BCUT2D eigenvalue weighted by Gasteiger charge is 2.09. The summed E-state index contributed by atoms with van der Waals surface area (Å²) >= 11 is 3.32. The average Bonchev–Trinajstić information content (AvgIpc) is 2.09.